The molecule has 1 rings (SSSR count). The molecule has 0 saturated carbocycles. The number of halogens is 1. The minimum Gasteiger partial charge on any atom is -0.391 e. The molecule has 5 heteroatoms. The van der Waals surface area contributed by atoms with Gasteiger partial charge in [-0.05, 0) is 33.4 Å². The molecule has 0 bridgehead atoms. The van der Waals surface area contributed by atoms with E-state index in [0.29, 0.717) is 11.4 Å². The topological polar surface area (TPSA) is 41.3 Å². The van der Waals surface area contributed by atoms with E-state index in [4.69, 9.17) is 11.6 Å². The average molecular weight is 302 g/mol. The number of rotatable bonds is 7. The molecule has 0 spiro atoms. The largest absolute Gasteiger partial charge is 0.391 e. The number of nitrogens with zero attached hydrogens (tertiary/aromatic N) is 3. The number of aromatic nitrogens is 2. The minimum absolute atomic E-state index is 0.245. The van der Waals surface area contributed by atoms with Gasteiger partial charge in [-0.1, -0.05) is 32.4 Å². The van der Waals surface area contributed by atoms with Crippen molar-refractivity contribution >= 4 is 11.6 Å². The summed E-state index contributed by atoms with van der Waals surface area (Å²) in [6, 6.07) is 0. The predicted octanol–water partition coefficient (Wildman–Crippen LogP) is 2.80. The van der Waals surface area contributed by atoms with E-state index in [1.807, 2.05) is 14.0 Å². The fourth-order valence-corrected chi connectivity index (χ4v) is 3.16. The third-order valence-electron chi connectivity index (χ3n) is 4.57. The van der Waals surface area contributed by atoms with Crippen LogP contribution >= 0.6 is 11.6 Å². The molecule has 0 saturated heterocycles. The van der Waals surface area contributed by atoms with Crippen molar-refractivity contribution in [3.8, 4) is 0 Å². The van der Waals surface area contributed by atoms with Gasteiger partial charge in [-0.25, -0.2) is 0 Å². The Bertz CT molecular complexity index is 443. The summed E-state index contributed by atoms with van der Waals surface area (Å²) in [6.45, 7) is 12.3. The number of likely N-dealkylation sites (N-methyl/N-ethyl adjacent to an activating group) is 1. The van der Waals surface area contributed by atoms with Crippen LogP contribution in [0.4, 0.5) is 0 Å². The van der Waals surface area contributed by atoms with Crippen molar-refractivity contribution in [2.24, 2.45) is 7.05 Å². The SMILES string of the molecule is CCN(CC)C(C)(CC)C(O)Cc1c(Cl)c(C)nn1C. The zero-order chi connectivity index (χ0) is 15.5. The maximum Gasteiger partial charge on any atom is 0.0847 e. The maximum atomic E-state index is 10.8. The van der Waals surface area contributed by atoms with E-state index < -0.39 is 6.10 Å². The molecule has 0 amide bonds. The molecule has 0 aliphatic carbocycles. The normalized spacial score (nSPS) is 16.4. The number of hydrogen-bond donors (Lipinski definition) is 1. The van der Waals surface area contributed by atoms with Crippen molar-refractivity contribution in [1.82, 2.24) is 14.7 Å². The maximum absolute atomic E-state index is 10.8. The highest BCUT2D eigenvalue weighted by atomic mass is 35.5. The van der Waals surface area contributed by atoms with Crippen LogP contribution in [0.25, 0.3) is 0 Å². The molecule has 1 aromatic heterocycles. The highest BCUT2D eigenvalue weighted by Crippen LogP contribution is 2.28. The van der Waals surface area contributed by atoms with Gasteiger partial charge in [0, 0.05) is 19.0 Å². The fourth-order valence-electron chi connectivity index (χ4n) is 2.92. The van der Waals surface area contributed by atoms with Crippen molar-refractivity contribution in [3.05, 3.63) is 16.4 Å². The summed E-state index contributed by atoms with van der Waals surface area (Å²) in [6.07, 6.45) is 0.945. The third kappa shape index (κ3) is 3.18. The summed E-state index contributed by atoms with van der Waals surface area (Å²) in [5.74, 6) is 0. The Morgan fingerprint density at radius 3 is 2.25 bits per heavy atom. The van der Waals surface area contributed by atoms with Crippen molar-refractivity contribution in [1.29, 1.82) is 0 Å². The van der Waals surface area contributed by atoms with Crippen LogP contribution in [0.1, 0.15) is 45.5 Å². The Balaban J connectivity index is 3.00. The van der Waals surface area contributed by atoms with Crippen LogP contribution in [0.2, 0.25) is 5.02 Å². The van der Waals surface area contributed by atoms with Crippen LogP contribution in [-0.2, 0) is 13.5 Å². The Labute approximate surface area is 127 Å². The Morgan fingerprint density at radius 2 is 1.90 bits per heavy atom. The van der Waals surface area contributed by atoms with E-state index in [1.165, 1.54) is 0 Å². The van der Waals surface area contributed by atoms with Gasteiger partial charge in [0.15, 0.2) is 0 Å². The van der Waals surface area contributed by atoms with Crippen LogP contribution in [0, 0.1) is 6.92 Å². The second kappa shape index (κ2) is 6.92. The molecule has 2 atom stereocenters. The van der Waals surface area contributed by atoms with E-state index in [2.05, 4.69) is 37.7 Å². The van der Waals surface area contributed by atoms with Gasteiger partial charge in [0.2, 0.25) is 0 Å². The quantitative estimate of drug-likeness (QED) is 0.842. The summed E-state index contributed by atoms with van der Waals surface area (Å²) in [4.78, 5) is 2.31. The second-order valence-electron chi connectivity index (χ2n) is 5.57. The van der Waals surface area contributed by atoms with Crippen LogP contribution in [0.3, 0.4) is 0 Å². The van der Waals surface area contributed by atoms with Crippen molar-refractivity contribution in [2.75, 3.05) is 13.1 Å². The van der Waals surface area contributed by atoms with Gasteiger partial charge in [0.05, 0.1) is 22.5 Å². The number of aryl methyl sites for hydroxylation is 2. The van der Waals surface area contributed by atoms with Crippen LogP contribution < -0.4 is 0 Å². The summed E-state index contributed by atoms with van der Waals surface area (Å²) in [5, 5.41) is 15.8. The van der Waals surface area contributed by atoms with Gasteiger partial charge < -0.3 is 5.11 Å². The highest BCUT2D eigenvalue weighted by molar-refractivity contribution is 6.31. The van der Waals surface area contributed by atoms with Gasteiger partial charge in [-0.2, -0.15) is 5.10 Å². The monoisotopic (exact) mass is 301 g/mol. The molecule has 4 nitrogen and oxygen atoms in total. The zero-order valence-electron chi connectivity index (χ0n) is 13.6. The van der Waals surface area contributed by atoms with E-state index in [1.54, 1.807) is 4.68 Å². The van der Waals surface area contributed by atoms with Crippen molar-refractivity contribution < 1.29 is 5.11 Å². The number of aliphatic hydroxyl groups is 1. The summed E-state index contributed by atoms with van der Waals surface area (Å²) in [5.41, 5.74) is 1.48. The van der Waals surface area contributed by atoms with E-state index in [9.17, 15) is 5.11 Å². The summed E-state index contributed by atoms with van der Waals surface area (Å²) < 4.78 is 1.78. The number of hydrogen-bond acceptors (Lipinski definition) is 3. The van der Waals surface area contributed by atoms with Crippen LogP contribution in [0.5, 0.6) is 0 Å². The molecule has 2 unspecified atom stereocenters. The lowest BCUT2D eigenvalue weighted by Crippen LogP contribution is -2.55. The molecule has 1 heterocycles. The molecule has 20 heavy (non-hydrogen) atoms. The van der Waals surface area contributed by atoms with Gasteiger partial charge >= 0.3 is 0 Å². The van der Waals surface area contributed by atoms with Gasteiger partial charge in [-0.3, -0.25) is 9.58 Å². The minimum atomic E-state index is -0.473. The van der Waals surface area contributed by atoms with E-state index >= 15 is 0 Å². The summed E-state index contributed by atoms with van der Waals surface area (Å²) >= 11 is 6.29. The van der Waals surface area contributed by atoms with E-state index in [0.717, 1.165) is 30.9 Å². The lowest BCUT2D eigenvalue weighted by Gasteiger charge is -2.43. The molecule has 0 fully saturated rings. The van der Waals surface area contributed by atoms with Gasteiger partial charge in [0.1, 0.15) is 0 Å². The Morgan fingerprint density at radius 1 is 1.35 bits per heavy atom. The molecule has 0 aliphatic heterocycles. The predicted molar refractivity (Wildman–Crippen MR) is 84.3 cm³/mol. The lowest BCUT2D eigenvalue weighted by molar-refractivity contribution is -0.0198. The third-order valence-corrected chi connectivity index (χ3v) is 5.06. The van der Waals surface area contributed by atoms with Crippen LogP contribution in [-0.4, -0.2) is 44.5 Å². The van der Waals surface area contributed by atoms with Crippen molar-refractivity contribution in [3.63, 3.8) is 0 Å². The first-order valence-corrected chi connectivity index (χ1v) is 7.80. The zero-order valence-corrected chi connectivity index (χ0v) is 14.3. The number of aliphatic hydroxyl groups excluding tert-OH is 1. The fraction of sp³-hybridized carbons (Fsp3) is 0.800. The Hall–Kier alpha value is -0.580. The molecular weight excluding hydrogens is 274 g/mol. The molecular formula is C15H28ClN3O. The smallest absolute Gasteiger partial charge is 0.0847 e. The lowest BCUT2D eigenvalue weighted by atomic mass is 9.86. The van der Waals surface area contributed by atoms with Crippen LogP contribution in [0.15, 0.2) is 0 Å². The van der Waals surface area contributed by atoms with Crippen molar-refractivity contribution in [2.45, 2.75) is 59.1 Å². The molecule has 0 aromatic carbocycles. The molecule has 0 radical (unpaired) electrons. The van der Waals surface area contributed by atoms with E-state index in [-0.39, 0.29) is 5.54 Å². The van der Waals surface area contributed by atoms with Gasteiger partial charge in [-0.15, -0.1) is 0 Å². The highest BCUT2D eigenvalue weighted by Gasteiger charge is 2.36. The molecule has 1 aromatic rings. The summed E-state index contributed by atoms with van der Waals surface area (Å²) in [7, 11) is 1.88. The van der Waals surface area contributed by atoms with Gasteiger partial charge in [0.25, 0.3) is 0 Å². The first kappa shape index (κ1) is 17.5. The standard InChI is InChI=1S/C15H28ClN3O/c1-7-15(5,19(8-2)9-3)13(20)10-12-14(16)11(4)17-18(12)6/h13,20H,7-10H2,1-6H3. The average Bonchev–Trinajstić information content (AvgIpc) is 2.66. The second-order valence-corrected chi connectivity index (χ2v) is 5.95. The molecule has 1 N–H and O–H groups in total. The Kier molecular flexibility index (Phi) is 6.05. The molecule has 116 valence electrons. The first-order valence-electron chi connectivity index (χ1n) is 7.42. The first-order chi connectivity index (χ1) is 9.31. The molecule has 0 aliphatic rings.